The molecule has 148 valence electrons. The standard InChI is InChI=1S/C20H25ClO6/c1-11-14(19(22)23-3)10-15(21)18-16(11)27-17(12(2)26-18)13-4-6-20(7-5-13)24-8-9-25-20/h10,12-13,17H,4-9H2,1-3H3. The fourth-order valence-corrected chi connectivity index (χ4v) is 4.67. The van der Waals surface area contributed by atoms with Crippen LogP contribution in [0.5, 0.6) is 11.5 Å². The zero-order valence-electron chi connectivity index (χ0n) is 15.9. The summed E-state index contributed by atoms with van der Waals surface area (Å²) in [6.45, 7) is 5.17. The number of carbonyl (C=O) groups excluding carboxylic acids is 1. The predicted octanol–water partition coefficient (Wildman–Crippen LogP) is 3.90. The molecule has 1 aromatic rings. The highest BCUT2D eigenvalue weighted by Crippen LogP contribution is 2.48. The molecular weight excluding hydrogens is 372 g/mol. The van der Waals surface area contributed by atoms with Gasteiger partial charge in [0.1, 0.15) is 12.2 Å². The maximum Gasteiger partial charge on any atom is 0.338 e. The lowest BCUT2D eigenvalue weighted by Gasteiger charge is -2.42. The van der Waals surface area contributed by atoms with Crippen molar-refractivity contribution in [3.63, 3.8) is 0 Å². The minimum Gasteiger partial charge on any atom is -0.482 e. The van der Waals surface area contributed by atoms with Crippen LogP contribution in [0.25, 0.3) is 0 Å². The molecule has 1 spiro atoms. The molecule has 4 rings (SSSR count). The van der Waals surface area contributed by atoms with E-state index in [1.54, 1.807) is 6.07 Å². The van der Waals surface area contributed by atoms with Crippen LogP contribution in [-0.2, 0) is 14.2 Å². The van der Waals surface area contributed by atoms with Crippen LogP contribution in [0.1, 0.15) is 48.5 Å². The number of ether oxygens (including phenoxy) is 5. The van der Waals surface area contributed by atoms with E-state index in [1.165, 1.54) is 7.11 Å². The second-order valence-corrected chi connectivity index (χ2v) is 7.94. The molecule has 7 heteroatoms. The smallest absolute Gasteiger partial charge is 0.338 e. The Balaban J connectivity index is 1.57. The Kier molecular flexibility index (Phi) is 4.99. The van der Waals surface area contributed by atoms with E-state index in [2.05, 4.69) is 0 Å². The van der Waals surface area contributed by atoms with Crippen LogP contribution in [-0.4, -0.2) is 44.3 Å². The van der Waals surface area contributed by atoms with Crippen molar-refractivity contribution in [3.05, 3.63) is 22.2 Å². The first-order valence-corrected chi connectivity index (χ1v) is 9.84. The summed E-state index contributed by atoms with van der Waals surface area (Å²) in [5, 5.41) is 0.358. The van der Waals surface area contributed by atoms with Crippen molar-refractivity contribution in [2.75, 3.05) is 20.3 Å². The van der Waals surface area contributed by atoms with E-state index in [9.17, 15) is 4.79 Å². The summed E-state index contributed by atoms with van der Waals surface area (Å²) >= 11 is 6.36. The minimum absolute atomic E-state index is 0.112. The first-order chi connectivity index (χ1) is 12.9. The zero-order chi connectivity index (χ0) is 19.2. The third-order valence-electron chi connectivity index (χ3n) is 5.93. The molecule has 2 unspecified atom stereocenters. The van der Waals surface area contributed by atoms with Gasteiger partial charge in [0.05, 0.1) is 30.9 Å². The highest BCUT2D eigenvalue weighted by Gasteiger charge is 2.45. The lowest BCUT2D eigenvalue weighted by atomic mass is 9.80. The summed E-state index contributed by atoms with van der Waals surface area (Å²) in [6.07, 6.45) is 3.36. The first-order valence-electron chi connectivity index (χ1n) is 9.47. The largest absolute Gasteiger partial charge is 0.482 e. The van der Waals surface area contributed by atoms with Gasteiger partial charge >= 0.3 is 5.97 Å². The van der Waals surface area contributed by atoms with Gasteiger partial charge in [-0.15, -0.1) is 0 Å². The molecule has 0 N–H and O–H groups in total. The molecule has 2 atom stereocenters. The zero-order valence-corrected chi connectivity index (χ0v) is 16.6. The quantitative estimate of drug-likeness (QED) is 0.706. The third kappa shape index (κ3) is 3.28. The molecule has 1 saturated heterocycles. The van der Waals surface area contributed by atoms with Crippen molar-refractivity contribution in [1.29, 1.82) is 0 Å². The minimum atomic E-state index is -0.439. The van der Waals surface area contributed by atoms with Crippen molar-refractivity contribution in [2.45, 2.75) is 57.5 Å². The SMILES string of the molecule is COC(=O)c1cc(Cl)c2c(c1C)OC(C1CCC3(CC1)OCCO3)C(C)O2. The highest BCUT2D eigenvalue weighted by molar-refractivity contribution is 6.32. The van der Waals surface area contributed by atoms with Gasteiger partial charge in [-0.05, 0) is 38.7 Å². The van der Waals surface area contributed by atoms with E-state index < -0.39 is 11.8 Å². The Morgan fingerprint density at radius 3 is 2.48 bits per heavy atom. The van der Waals surface area contributed by atoms with Gasteiger partial charge in [-0.25, -0.2) is 4.79 Å². The van der Waals surface area contributed by atoms with Gasteiger partial charge in [0.2, 0.25) is 0 Å². The number of rotatable bonds is 2. The Hall–Kier alpha value is -1.50. The first kappa shape index (κ1) is 18.8. The number of halogens is 1. The summed E-state index contributed by atoms with van der Waals surface area (Å²) in [4.78, 5) is 12.1. The van der Waals surface area contributed by atoms with Gasteiger partial charge in [-0.2, -0.15) is 0 Å². The lowest BCUT2D eigenvalue weighted by molar-refractivity contribution is -0.189. The summed E-state index contributed by atoms with van der Waals surface area (Å²) in [7, 11) is 1.35. The second kappa shape index (κ2) is 7.15. The average molecular weight is 397 g/mol. The number of methoxy groups -OCH3 is 1. The number of benzene rings is 1. The van der Waals surface area contributed by atoms with Crippen LogP contribution in [0.15, 0.2) is 6.07 Å². The van der Waals surface area contributed by atoms with Crippen molar-refractivity contribution in [1.82, 2.24) is 0 Å². The van der Waals surface area contributed by atoms with Crippen LogP contribution in [0.4, 0.5) is 0 Å². The summed E-state index contributed by atoms with van der Waals surface area (Å²) in [5.74, 6) is 0.530. The summed E-state index contributed by atoms with van der Waals surface area (Å²) < 4.78 is 29.0. The molecule has 2 fully saturated rings. The summed E-state index contributed by atoms with van der Waals surface area (Å²) in [6, 6.07) is 1.58. The molecule has 0 amide bonds. The summed E-state index contributed by atoms with van der Waals surface area (Å²) in [5.41, 5.74) is 1.08. The van der Waals surface area contributed by atoms with Crippen LogP contribution in [0.3, 0.4) is 0 Å². The van der Waals surface area contributed by atoms with Crippen molar-refractivity contribution < 1.29 is 28.5 Å². The van der Waals surface area contributed by atoms with Gasteiger partial charge in [0, 0.05) is 18.4 Å². The molecule has 3 aliphatic rings. The molecule has 0 radical (unpaired) electrons. The molecule has 0 bridgehead atoms. The highest BCUT2D eigenvalue weighted by atomic mass is 35.5. The topological polar surface area (TPSA) is 63.2 Å². The van der Waals surface area contributed by atoms with Gasteiger partial charge in [-0.1, -0.05) is 11.6 Å². The average Bonchev–Trinajstić information content (AvgIpc) is 3.12. The van der Waals surface area contributed by atoms with Crippen molar-refractivity contribution >= 4 is 17.6 Å². The van der Waals surface area contributed by atoms with E-state index in [0.29, 0.717) is 46.8 Å². The molecule has 2 aliphatic heterocycles. The van der Waals surface area contributed by atoms with Crippen molar-refractivity contribution in [2.24, 2.45) is 5.92 Å². The predicted molar refractivity (Wildman–Crippen MR) is 98.6 cm³/mol. The number of hydrogen-bond donors (Lipinski definition) is 0. The molecule has 27 heavy (non-hydrogen) atoms. The van der Waals surface area contributed by atoms with E-state index in [0.717, 1.165) is 25.7 Å². The van der Waals surface area contributed by atoms with Gasteiger partial charge in [0.25, 0.3) is 0 Å². The molecule has 0 aromatic heterocycles. The number of hydrogen-bond acceptors (Lipinski definition) is 6. The van der Waals surface area contributed by atoms with Crippen LogP contribution in [0, 0.1) is 12.8 Å². The van der Waals surface area contributed by atoms with Gasteiger partial charge in [-0.3, -0.25) is 0 Å². The number of fused-ring (bicyclic) bond motifs is 1. The normalized spacial score (nSPS) is 27.0. The maximum absolute atomic E-state index is 12.1. The molecular formula is C20H25ClO6. The molecule has 6 nitrogen and oxygen atoms in total. The Labute approximate surface area is 164 Å². The lowest BCUT2D eigenvalue weighted by Crippen LogP contribution is -2.47. The molecule has 1 saturated carbocycles. The molecule has 1 aromatic carbocycles. The fraction of sp³-hybridized carbons (Fsp3) is 0.650. The fourth-order valence-electron chi connectivity index (χ4n) is 4.43. The van der Waals surface area contributed by atoms with E-state index in [4.69, 9.17) is 35.3 Å². The van der Waals surface area contributed by atoms with Gasteiger partial charge in [0.15, 0.2) is 17.3 Å². The van der Waals surface area contributed by atoms with Crippen LogP contribution in [0.2, 0.25) is 5.02 Å². The van der Waals surface area contributed by atoms with Crippen LogP contribution >= 0.6 is 11.6 Å². The van der Waals surface area contributed by atoms with Crippen molar-refractivity contribution in [3.8, 4) is 11.5 Å². The van der Waals surface area contributed by atoms with E-state index in [1.807, 2.05) is 13.8 Å². The molecule has 1 aliphatic carbocycles. The third-order valence-corrected chi connectivity index (χ3v) is 6.22. The van der Waals surface area contributed by atoms with E-state index in [-0.39, 0.29) is 12.2 Å². The Morgan fingerprint density at radius 2 is 1.85 bits per heavy atom. The van der Waals surface area contributed by atoms with E-state index >= 15 is 0 Å². The monoisotopic (exact) mass is 396 g/mol. The Morgan fingerprint density at radius 1 is 1.19 bits per heavy atom. The number of carbonyl (C=O) groups is 1. The van der Waals surface area contributed by atoms with Crippen LogP contribution < -0.4 is 9.47 Å². The number of esters is 1. The maximum atomic E-state index is 12.1. The second-order valence-electron chi connectivity index (χ2n) is 7.53. The Bertz CT molecular complexity index is 732. The van der Waals surface area contributed by atoms with Gasteiger partial charge < -0.3 is 23.7 Å². The molecule has 2 heterocycles.